The van der Waals surface area contributed by atoms with Crippen LogP contribution in [0.3, 0.4) is 0 Å². The molecule has 0 saturated carbocycles. The van der Waals surface area contributed by atoms with Gasteiger partial charge in [0, 0.05) is 35.8 Å². The van der Waals surface area contributed by atoms with E-state index < -0.39 is 0 Å². The number of rotatable bonds is 3. The molecule has 0 radical (unpaired) electrons. The number of aromatic nitrogens is 8. The van der Waals surface area contributed by atoms with Gasteiger partial charge in [0.15, 0.2) is 0 Å². The molecule has 0 spiro atoms. The van der Waals surface area contributed by atoms with E-state index in [4.69, 9.17) is 0 Å². The molecule has 0 amide bonds. The molecule has 0 saturated heterocycles. The minimum atomic E-state index is 0.839. The first-order valence-corrected chi connectivity index (χ1v) is 10.0. The maximum atomic E-state index is 4.61. The summed E-state index contributed by atoms with van der Waals surface area (Å²) in [6, 6.07) is 10.4. The van der Waals surface area contributed by atoms with Crippen molar-refractivity contribution in [1.29, 1.82) is 0 Å². The fourth-order valence-corrected chi connectivity index (χ4v) is 4.06. The van der Waals surface area contributed by atoms with Gasteiger partial charge >= 0.3 is 0 Å². The summed E-state index contributed by atoms with van der Waals surface area (Å²) >= 11 is 0. The summed E-state index contributed by atoms with van der Waals surface area (Å²) < 4.78 is 4.04. The Bertz CT molecular complexity index is 1580. The van der Waals surface area contributed by atoms with Crippen LogP contribution in [-0.2, 0) is 7.05 Å². The van der Waals surface area contributed by atoms with Crippen LogP contribution >= 0.6 is 0 Å². The average molecular weight is 408 g/mol. The zero-order chi connectivity index (χ0) is 21.1. The van der Waals surface area contributed by atoms with E-state index in [1.54, 1.807) is 12.5 Å². The first-order chi connectivity index (χ1) is 15.1. The smallest absolute Gasteiger partial charge is 0.147 e. The van der Waals surface area contributed by atoms with Crippen molar-refractivity contribution < 1.29 is 0 Å². The molecule has 5 aromatic heterocycles. The van der Waals surface area contributed by atoms with Gasteiger partial charge < -0.3 is 9.55 Å². The molecule has 152 valence electrons. The van der Waals surface area contributed by atoms with Crippen LogP contribution in [0.4, 0.5) is 0 Å². The Kier molecular flexibility index (Phi) is 3.64. The number of benzene rings is 1. The topological polar surface area (TPSA) is 93.0 Å². The maximum Gasteiger partial charge on any atom is 0.147 e. The molecule has 0 aliphatic heterocycles. The summed E-state index contributed by atoms with van der Waals surface area (Å²) in [5.41, 5.74) is 6.92. The van der Waals surface area contributed by atoms with Gasteiger partial charge in [-0.25, -0.2) is 15.0 Å². The normalized spacial score (nSPS) is 11.7. The molecule has 1 aromatic carbocycles. The predicted octanol–water partition coefficient (Wildman–Crippen LogP) is 4.31. The van der Waals surface area contributed by atoms with E-state index in [0.717, 1.165) is 61.8 Å². The second kappa shape index (κ2) is 6.40. The molecule has 0 aliphatic carbocycles. The summed E-state index contributed by atoms with van der Waals surface area (Å²) in [4.78, 5) is 16.8. The second-order valence-electron chi connectivity index (χ2n) is 7.78. The van der Waals surface area contributed by atoms with E-state index in [9.17, 15) is 0 Å². The lowest BCUT2D eigenvalue weighted by Crippen LogP contribution is -1.94. The Hall–Kier alpha value is -4.20. The second-order valence-corrected chi connectivity index (χ2v) is 7.78. The van der Waals surface area contributed by atoms with E-state index in [1.165, 1.54) is 0 Å². The van der Waals surface area contributed by atoms with Crippen LogP contribution in [0.5, 0.6) is 0 Å². The highest BCUT2D eigenvalue weighted by atomic mass is 15.1. The fraction of sp³-hybridized carbons (Fsp3) is 0.130. The monoisotopic (exact) mass is 408 g/mol. The first kappa shape index (κ1) is 17.6. The lowest BCUT2D eigenvalue weighted by molar-refractivity contribution is 0.865. The van der Waals surface area contributed by atoms with Crippen molar-refractivity contribution in [1.82, 2.24) is 39.3 Å². The van der Waals surface area contributed by atoms with Gasteiger partial charge in [-0.15, -0.1) is 0 Å². The van der Waals surface area contributed by atoms with Crippen LogP contribution in [-0.4, -0.2) is 39.3 Å². The molecular weight excluding hydrogens is 388 g/mol. The zero-order valence-corrected chi connectivity index (χ0v) is 17.4. The summed E-state index contributed by atoms with van der Waals surface area (Å²) in [6.45, 7) is 3.97. The van der Waals surface area contributed by atoms with Gasteiger partial charge in [0.2, 0.25) is 0 Å². The molecule has 0 unspecified atom stereocenters. The van der Waals surface area contributed by atoms with Crippen molar-refractivity contribution >= 4 is 21.8 Å². The zero-order valence-electron chi connectivity index (χ0n) is 17.4. The molecule has 6 aromatic rings. The Labute approximate surface area is 177 Å². The Balaban J connectivity index is 1.52. The van der Waals surface area contributed by atoms with Crippen LogP contribution in [0.2, 0.25) is 0 Å². The van der Waals surface area contributed by atoms with Crippen molar-refractivity contribution in [2.45, 2.75) is 13.8 Å². The van der Waals surface area contributed by atoms with Crippen LogP contribution in [0.1, 0.15) is 11.5 Å². The minimum Gasteiger partial charge on any atom is -0.353 e. The van der Waals surface area contributed by atoms with E-state index in [2.05, 4.69) is 59.0 Å². The largest absolute Gasteiger partial charge is 0.353 e. The first-order valence-electron chi connectivity index (χ1n) is 10.0. The Morgan fingerprint density at radius 3 is 2.61 bits per heavy atom. The molecule has 8 nitrogen and oxygen atoms in total. The number of hydrogen-bond acceptors (Lipinski definition) is 4. The number of imidazole rings is 2. The number of nitrogens with one attached hydrogen (secondary N) is 2. The van der Waals surface area contributed by atoms with Gasteiger partial charge in [0.25, 0.3) is 0 Å². The summed E-state index contributed by atoms with van der Waals surface area (Å²) in [6.07, 6.45) is 7.47. The number of aromatic amines is 2. The third-order valence-corrected chi connectivity index (χ3v) is 5.82. The molecule has 0 bridgehead atoms. The highest BCUT2D eigenvalue weighted by molar-refractivity contribution is 5.98. The molecule has 5 heterocycles. The van der Waals surface area contributed by atoms with E-state index >= 15 is 0 Å². The fourth-order valence-electron chi connectivity index (χ4n) is 4.06. The van der Waals surface area contributed by atoms with Crippen LogP contribution in [0.25, 0.3) is 50.3 Å². The number of H-pyrrole nitrogens is 2. The number of pyridine rings is 1. The van der Waals surface area contributed by atoms with E-state index in [-0.39, 0.29) is 0 Å². The molecule has 6 rings (SSSR count). The van der Waals surface area contributed by atoms with Crippen LogP contribution < -0.4 is 0 Å². The molecule has 31 heavy (non-hydrogen) atoms. The van der Waals surface area contributed by atoms with Gasteiger partial charge in [-0.2, -0.15) is 5.10 Å². The van der Waals surface area contributed by atoms with Crippen molar-refractivity contribution in [3.63, 3.8) is 0 Å². The number of fused-ring (bicyclic) bond motifs is 2. The van der Waals surface area contributed by atoms with Crippen molar-refractivity contribution in [2.75, 3.05) is 0 Å². The summed E-state index contributed by atoms with van der Waals surface area (Å²) in [7, 11) is 2.03. The lowest BCUT2D eigenvalue weighted by Gasteiger charge is -2.04. The van der Waals surface area contributed by atoms with Gasteiger partial charge in [-0.1, -0.05) is 6.07 Å². The number of nitrogens with zero attached hydrogens (tertiary/aromatic N) is 6. The van der Waals surface area contributed by atoms with Crippen molar-refractivity contribution in [2.24, 2.45) is 7.05 Å². The summed E-state index contributed by atoms with van der Waals surface area (Å²) in [5, 5.41) is 9.84. The number of aryl methyl sites for hydroxylation is 2. The van der Waals surface area contributed by atoms with Gasteiger partial charge in [-0.05, 0) is 38.1 Å². The molecule has 0 aliphatic rings. The highest BCUT2D eigenvalue weighted by Crippen LogP contribution is 2.33. The van der Waals surface area contributed by atoms with Gasteiger partial charge in [0.1, 0.15) is 23.7 Å². The molecule has 2 N–H and O–H groups in total. The average Bonchev–Trinajstić information content (AvgIpc) is 3.54. The van der Waals surface area contributed by atoms with Crippen LogP contribution in [0, 0.1) is 13.8 Å². The standard InChI is InChI=1S/C23H20N8/c1-13-11-31(12-26-13)23-17-9-20(27-18(17)6-7-24-23)22-16-8-15(4-5-19(16)28-29-22)21-10-25-14(2)30(21)3/h4-12,27H,1-3H3,(H,28,29). The van der Waals surface area contributed by atoms with Crippen molar-refractivity contribution in [3.05, 3.63) is 66.8 Å². The SMILES string of the molecule is Cc1cn(-c2nccc3[nH]c(-c4n[nH]c5ccc(-c6cnc(C)n6C)cc45)cc23)cn1. The Morgan fingerprint density at radius 1 is 0.935 bits per heavy atom. The maximum absolute atomic E-state index is 4.61. The number of hydrogen-bond donors (Lipinski definition) is 2. The van der Waals surface area contributed by atoms with Gasteiger partial charge in [0.05, 0.1) is 34.3 Å². The Morgan fingerprint density at radius 2 is 1.84 bits per heavy atom. The lowest BCUT2D eigenvalue weighted by atomic mass is 10.1. The molecular formula is C23H20N8. The predicted molar refractivity (Wildman–Crippen MR) is 120 cm³/mol. The summed E-state index contributed by atoms with van der Waals surface area (Å²) in [5.74, 6) is 1.82. The minimum absolute atomic E-state index is 0.839. The molecule has 0 fully saturated rings. The van der Waals surface area contributed by atoms with Crippen molar-refractivity contribution in [3.8, 4) is 28.5 Å². The van der Waals surface area contributed by atoms with Crippen LogP contribution in [0.15, 0.2) is 55.2 Å². The molecule has 8 heteroatoms. The van der Waals surface area contributed by atoms with E-state index in [1.807, 2.05) is 43.9 Å². The third kappa shape index (κ3) is 2.68. The quantitative estimate of drug-likeness (QED) is 0.456. The highest BCUT2D eigenvalue weighted by Gasteiger charge is 2.15. The third-order valence-electron chi connectivity index (χ3n) is 5.82. The van der Waals surface area contributed by atoms with E-state index in [0.29, 0.717) is 0 Å². The molecule has 0 atom stereocenters. The van der Waals surface area contributed by atoms with Gasteiger partial charge in [-0.3, -0.25) is 9.67 Å².